The Bertz CT molecular complexity index is 519. The average Bonchev–Trinajstić information content (AvgIpc) is 2.75. The molecule has 0 aliphatic carbocycles. The molecule has 0 fully saturated rings. The highest BCUT2D eigenvalue weighted by atomic mass is 16.5. The summed E-state index contributed by atoms with van der Waals surface area (Å²) >= 11 is 0. The van der Waals surface area contributed by atoms with Gasteiger partial charge in [-0.25, -0.2) is 0 Å². The van der Waals surface area contributed by atoms with Crippen LogP contribution in [0, 0.1) is 0 Å². The summed E-state index contributed by atoms with van der Waals surface area (Å²) in [5.74, 6) is 0.375. The van der Waals surface area contributed by atoms with Crippen molar-refractivity contribution in [1.29, 1.82) is 0 Å². The quantitative estimate of drug-likeness (QED) is 0.791. The standard InChI is InChI=1S/C12H12N2O2/c13-12-11(6-14-16-12)10-3-1-2-8-7-15-5-4-9(8)10/h1-3,6H,4-5,7,13H2. The van der Waals surface area contributed by atoms with Gasteiger partial charge in [0.15, 0.2) is 0 Å². The molecule has 0 saturated heterocycles. The van der Waals surface area contributed by atoms with E-state index in [0.29, 0.717) is 12.5 Å². The Morgan fingerprint density at radius 1 is 1.25 bits per heavy atom. The Balaban J connectivity index is 2.18. The van der Waals surface area contributed by atoms with Crippen molar-refractivity contribution < 1.29 is 9.26 Å². The van der Waals surface area contributed by atoms with E-state index in [2.05, 4.69) is 11.2 Å². The van der Waals surface area contributed by atoms with Gasteiger partial charge in [-0.2, -0.15) is 0 Å². The molecular weight excluding hydrogens is 204 g/mol. The number of ether oxygens (including phenoxy) is 1. The van der Waals surface area contributed by atoms with Crippen LogP contribution in [0.5, 0.6) is 0 Å². The lowest BCUT2D eigenvalue weighted by Gasteiger charge is -2.19. The van der Waals surface area contributed by atoms with Gasteiger partial charge in [0.1, 0.15) is 0 Å². The minimum Gasteiger partial charge on any atom is -0.376 e. The zero-order chi connectivity index (χ0) is 11.0. The second kappa shape index (κ2) is 3.64. The van der Waals surface area contributed by atoms with Gasteiger partial charge in [0, 0.05) is 0 Å². The van der Waals surface area contributed by atoms with E-state index in [9.17, 15) is 0 Å². The van der Waals surface area contributed by atoms with Gasteiger partial charge in [-0.1, -0.05) is 23.4 Å². The molecule has 3 rings (SSSR count). The minimum atomic E-state index is 0.375. The number of benzene rings is 1. The van der Waals surface area contributed by atoms with E-state index in [1.54, 1.807) is 6.20 Å². The van der Waals surface area contributed by atoms with Crippen molar-refractivity contribution in [2.45, 2.75) is 13.0 Å². The third-order valence-electron chi connectivity index (χ3n) is 2.92. The van der Waals surface area contributed by atoms with Gasteiger partial charge in [0.2, 0.25) is 5.88 Å². The molecule has 0 saturated carbocycles. The van der Waals surface area contributed by atoms with Crippen LogP contribution in [0.1, 0.15) is 11.1 Å². The molecule has 16 heavy (non-hydrogen) atoms. The van der Waals surface area contributed by atoms with Crippen LogP contribution >= 0.6 is 0 Å². The lowest BCUT2D eigenvalue weighted by Crippen LogP contribution is -2.10. The fourth-order valence-corrected chi connectivity index (χ4v) is 2.12. The van der Waals surface area contributed by atoms with Crippen LogP contribution in [-0.2, 0) is 17.8 Å². The maximum Gasteiger partial charge on any atom is 0.229 e. The highest BCUT2D eigenvalue weighted by Crippen LogP contribution is 2.32. The van der Waals surface area contributed by atoms with Crippen molar-refractivity contribution in [3.05, 3.63) is 35.5 Å². The first-order valence-electron chi connectivity index (χ1n) is 5.25. The van der Waals surface area contributed by atoms with Gasteiger partial charge in [-0.05, 0) is 23.1 Å². The summed E-state index contributed by atoms with van der Waals surface area (Å²) < 4.78 is 10.3. The van der Waals surface area contributed by atoms with E-state index in [1.165, 1.54) is 11.1 Å². The number of rotatable bonds is 1. The van der Waals surface area contributed by atoms with E-state index in [0.717, 1.165) is 24.2 Å². The molecule has 1 aliphatic heterocycles. The molecule has 1 aliphatic rings. The topological polar surface area (TPSA) is 61.3 Å². The van der Waals surface area contributed by atoms with Gasteiger partial charge < -0.3 is 15.0 Å². The fraction of sp³-hybridized carbons (Fsp3) is 0.250. The monoisotopic (exact) mass is 216 g/mol. The molecule has 0 spiro atoms. The Kier molecular flexibility index (Phi) is 2.15. The van der Waals surface area contributed by atoms with Crippen LogP contribution in [0.15, 0.2) is 28.9 Å². The normalized spacial score (nSPS) is 14.8. The number of nitrogens with zero attached hydrogens (tertiary/aromatic N) is 1. The Morgan fingerprint density at radius 3 is 3.00 bits per heavy atom. The molecule has 0 amide bonds. The first kappa shape index (κ1) is 9.42. The highest BCUT2D eigenvalue weighted by Gasteiger charge is 2.17. The van der Waals surface area contributed by atoms with Crippen LogP contribution in [0.25, 0.3) is 11.1 Å². The lowest BCUT2D eigenvalue weighted by atomic mass is 9.94. The lowest BCUT2D eigenvalue weighted by molar-refractivity contribution is 0.111. The Morgan fingerprint density at radius 2 is 2.19 bits per heavy atom. The van der Waals surface area contributed by atoms with Gasteiger partial charge in [-0.15, -0.1) is 0 Å². The summed E-state index contributed by atoms with van der Waals surface area (Å²) in [6.07, 6.45) is 2.58. The molecule has 2 heterocycles. The van der Waals surface area contributed by atoms with Gasteiger partial charge in [0.05, 0.1) is 25.0 Å². The fourth-order valence-electron chi connectivity index (χ4n) is 2.12. The summed E-state index contributed by atoms with van der Waals surface area (Å²) in [4.78, 5) is 0. The SMILES string of the molecule is Nc1oncc1-c1cccc2c1CCOC2. The average molecular weight is 216 g/mol. The first-order valence-corrected chi connectivity index (χ1v) is 5.25. The smallest absolute Gasteiger partial charge is 0.229 e. The molecule has 1 aromatic heterocycles. The van der Waals surface area contributed by atoms with Crippen LogP contribution in [0.3, 0.4) is 0 Å². The Hall–Kier alpha value is -1.81. The molecule has 4 heteroatoms. The highest BCUT2D eigenvalue weighted by molar-refractivity contribution is 5.75. The van der Waals surface area contributed by atoms with Gasteiger partial charge in [-0.3, -0.25) is 0 Å². The number of hydrogen-bond acceptors (Lipinski definition) is 4. The number of anilines is 1. The van der Waals surface area contributed by atoms with Crippen LogP contribution in [-0.4, -0.2) is 11.8 Å². The zero-order valence-corrected chi connectivity index (χ0v) is 8.77. The van der Waals surface area contributed by atoms with Crippen molar-refractivity contribution in [3.63, 3.8) is 0 Å². The van der Waals surface area contributed by atoms with Crippen molar-refractivity contribution >= 4 is 5.88 Å². The largest absolute Gasteiger partial charge is 0.376 e. The molecule has 0 unspecified atom stereocenters. The van der Waals surface area contributed by atoms with Crippen LogP contribution in [0.2, 0.25) is 0 Å². The maximum absolute atomic E-state index is 5.75. The molecule has 0 radical (unpaired) electrons. The Labute approximate surface area is 93.0 Å². The molecule has 2 N–H and O–H groups in total. The predicted octanol–water partition coefficient (Wildman–Crippen LogP) is 2.00. The maximum atomic E-state index is 5.75. The zero-order valence-electron chi connectivity index (χ0n) is 8.77. The van der Waals surface area contributed by atoms with E-state index in [-0.39, 0.29) is 0 Å². The molecule has 1 aromatic carbocycles. The van der Waals surface area contributed by atoms with Crippen molar-refractivity contribution in [2.24, 2.45) is 0 Å². The van der Waals surface area contributed by atoms with Crippen molar-refractivity contribution in [1.82, 2.24) is 5.16 Å². The van der Waals surface area contributed by atoms with E-state index >= 15 is 0 Å². The second-order valence-electron chi connectivity index (χ2n) is 3.85. The van der Waals surface area contributed by atoms with E-state index in [4.69, 9.17) is 15.0 Å². The summed E-state index contributed by atoms with van der Waals surface area (Å²) in [7, 11) is 0. The number of aromatic nitrogens is 1. The molecule has 4 nitrogen and oxygen atoms in total. The summed E-state index contributed by atoms with van der Waals surface area (Å²) in [6.45, 7) is 1.43. The molecule has 0 atom stereocenters. The summed E-state index contributed by atoms with van der Waals surface area (Å²) in [6, 6.07) is 6.14. The van der Waals surface area contributed by atoms with Crippen molar-refractivity contribution in [2.75, 3.05) is 12.3 Å². The number of nitrogens with two attached hydrogens (primary N) is 1. The van der Waals surface area contributed by atoms with E-state index in [1.807, 2.05) is 12.1 Å². The summed E-state index contributed by atoms with van der Waals surface area (Å²) in [5, 5.41) is 3.72. The third kappa shape index (κ3) is 1.39. The van der Waals surface area contributed by atoms with Crippen LogP contribution < -0.4 is 5.73 Å². The minimum absolute atomic E-state index is 0.375. The number of nitrogen functional groups attached to an aromatic ring is 1. The van der Waals surface area contributed by atoms with E-state index < -0.39 is 0 Å². The van der Waals surface area contributed by atoms with Gasteiger partial charge >= 0.3 is 0 Å². The molecule has 0 bridgehead atoms. The number of hydrogen-bond donors (Lipinski definition) is 1. The molecule has 2 aromatic rings. The second-order valence-corrected chi connectivity index (χ2v) is 3.85. The third-order valence-corrected chi connectivity index (χ3v) is 2.92. The van der Waals surface area contributed by atoms with Crippen molar-refractivity contribution in [3.8, 4) is 11.1 Å². The summed E-state index contributed by atoms with van der Waals surface area (Å²) in [5.41, 5.74) is 10.3. The molecule has 82 valence electrons. The predicted molar refractivity (Wildman–Crippen MR) is 59.7 cm³/mol. The van der Waals surface area contributed by atoms with Gasteiger partial charge in [0.25, 0.3) is 0 Å². The van der Waals surface area contributed by atoms with Crippen LogP contribution in [0.4, 0.5) is 5.88 Å². The number of fused-ring (bicyclic) bond motifs is 1. The first-order chi connectivity index (χ1) is 7.86. The molecular formula is C12H12N2O2.